The molecular formula is C25H36N6O3S. The highest BCUT2D eigenvalue weighted by atomic mass is 32.2. The highest BCUT2D eigenvalue weighted by Crippen LogP contribution is 2.38. The first kappa shape index (κ1) is 25.3. The molecule has 35 heavy (non-hydrogen) atoms. The first-order chi connectivity index (χ1) is 16.9. The average molecular weight is 501 g/mol. The van der Waals surface area contributed by atoms with Crippen molar-refractivity contribution < 1.29 is 14.4 Å². The molecule has 3 N–H and O–H groups in total. The zero-order chi connectivity index (χ0) is 24.9. The van der Waals surface area contributed by atoms with E-state index in [2.05, 4.69) is 26.1 Å². The van der Waals surface area contributed by atoms with E-state index in [1.54, 1.807) is 4.90 Å². The summed E-state index contributed by atoms with van der Waals surface area (Å²) < 4.78 is 0. The van der Waals surface area contributed by atoms with Gasteiger partial charge >= 0.3 is 0 Å². The van der Waals surface area contributed by atoms with Gasteiger partial charge in [0.1, 0.15) is 0 Å². The predicted molar refractivity (Wildman–Crippen MR) is 138 cm³/mol. The minimum Gasteiger partial charge on any atom is -0.354 e. The van der Waals surface area contributed by atoms with Gasteiger partial charge in [0.25, 0.3) is 0 Å². The Morgan fingerprint density at radius 3 is 2.69 bits per heavy atom. The van der Waals surface area contributed by atoms with Crippen molar-refractivity contribution in [3.05, 3.63) is 29.8 Å². The van der Waals surface area contributed by atoms with Crippen LogP contribution < -0.4 is 16.1 Å². The maximum atomic E-state index is 13.4. The third kappa shape index (κ3) is 5.91. The van der Waals surface area contributed by atoms with Gasteiger partial charge in [0, 0.05) is 30.7 Å². The van der Waals surface area contributed by atoms with Gasteiger partial charge in [-0.2, -0.15) is 5.10 Å². The Morgan fingerprint density at radius 2 is 1.94 bits per heavy atom. The Balaban J connectivity index is 1.40. The number of nitrogens with one attached hydrogen (secondary N) is 3. The number of benzene rings is 1. The van der Waals surface area contributed by atoms with Crippen LogP contribution in [0.25, 0.3) is 0 Å². The van der Waals surface area contributed by atoms with E-state index in [1.807, 2.05) is 45.0 Å². The number of hydrogen-bond donors (Lipinski definition) is 3. The standard InChI is InChI=1S/C25H36N6O3S/c1-4-17(3)26-21(32)13-14-30-23(34)19-7-5-6-8-20(19)31-24(30)28-29-25(31)35-15-22(33)27-18-11-9-16(2)10-12-18/h9-12,17,19-20,24,28H,4-8,13-15H2,1-3H3,(H,26,32)(H,27,33). The molecule has 1 saturated carbocycles. The molecule has 4 atom stereocenters. The lowest BCUT2D eigenvalue weighted by atomic mass is 9.81. The molecule has 3 amide bonds. The molecule has 1 aliphatic carbocycles. The van der Waals surface area contributed by atoms with Gasteiger partial charge in [-0.1, -0.05) is 49.2 Å². The van der Waals surface area contributed by atoms with Gasteiger partial charge < -0.3 is 20.4 Å². The highest BCUT2D eigenvalue weighted by molar-refractivity contribution is 8.14. The van der Waals surface area contributed by atoms with Crippen molar-refractivity contribution >= 4 is 40.3 Å². The molecule has 0 aromatic heterocycles. The molecule has 0 spiro atoms. The quantitative estimate of drug-likeness (QED) is 0.507. The van der Waals surface area contributed by atoms with Gasteiger partial charge in [0.15, 0.2) is 11.5 Å². The summed E-state index contributed by atoms with van der Waals surface area (Å²) in [6.45, 7) is 6.34. The van der Waals surface area contributed by atoms with E-state index in [4.69, 9.17) is 0 Å². The lowest BCUT2D eigenvalue weighted by molar-refractivity contribution is -0.155. The second-order valence-corrected chi connectivity index (χ2v) is 10.6. The van der Waals surface area contributed by atoms with E-state index in [0.717, 1.165) is 48.5 Å². The van der Waals surface area contributed by atoms with Gasteiger partial charge in [-0.15, -0.1) is 0 Å². The van der Waals surface area contributed by atoms with Gasteiger partial charge in [0.05, 0.1) is 11.7 Å². The molecule has 0 bridgehead atoms. The van der Waals surface area contributed by atoms with Crippen LogP contribution in [0.2, 0.25) is 0 Å². The third-order valence-corrected chi connectivity index (χ3v) is 7.98. The summed E-state index contributed by atoms with van der Waals surface area (Å²) >= 11 is 1.38. The number of nitrogens with zero attached hydrogens (tertiary/aromatic N) is 3. The van der Waals surface area contributed by atoms with E-state index in [9.17, 15) is 14.4 Å². The van der Waals surface area contributed by atoms with Gasteiger partial charge in [-0.25, -0.2) is 0 Å². The van der Waals surface area contributed by atoms with Crippen LogP contribution in [-0.2, 0) is 14.4 Å². The molecule has 4 unspecified atom stereocenters. The zero-order valence-corrected chi connectivity index (χ0v) is 21.6. The molecular weight excluding hydrogens is 464 g/mol. The largest absolute Gasteiger partial charge is 0.354 e. The number of hydrazone groups is 1. The summed E-state index contributed by atoms with van der Waals surface area (Å²) in [5.41, 5.74) is 5.02. The number of hydrogen-bond acceptors (Lipinski definition) is 7. The molecule has 4 rings (SSSR count). The molecule has 1 saturated heterocycles. The Kier molecular flexibility index (Phi) is 8.20. The van der Waals surface area contributed by atoms with Crippen LogP contribution in [0.1, 0.15) is 57.9 Å². The molecule has 2 aliphatic heterocycles. The summed E-state index contributed by atoms with van der Waals surface area (Å²) in [7, 11) is 0. The molecule has 3 aliphatic rings. The van der Waals surface area contributed by atoms with E-state index in [-0.39, 0.29) is 47.9 Å². The number of amidine groups is 1. The molecule has 0 radical (unpaired) electrons. The maximum absolute atomic E-state index is 13.4. The number of fused-ring (bicyclic) bond motifs is 3. The van der Waals surface area contributed by atoms with Crippen molar-refractivity contribution in [2.24, 2.45) is 11.0 Å². The minimum atomic E-state index is -0.416. The lowest BCUT2D eigenvalue weighted by Gasteiger charge is -2.50. The number of rotatable bonds is 8. The van der Waals surface area contributed by atoms with Crippen LogP contribution in [-0.4, -0.2) is 63.4 Å². The normalized spacial score (nSPS) is 24.1. The molecule has 190 valence electrons. The monoisotopic (exact) mass is 500 g/mol. The zero-order valence-electron chi connectivity index (χ0n) is 20.8. The fraction of sp³-hybridized carbons (Fsp3) is 0.600. The van der Waals surface area contributed by atoms with E-state index < -0.39 is 6.29 Å². The maximum Gasteiger partial charge on any atom is 0.234 e. The van der Waals surface area contributed by atoms with Crippen LogP contribution >= 0.6 is 11.8 Å². The number of carbonyl (C=O) groups excluding carboxylic acids is 3. The van der Waals surface area contributed by atoms with Crippen LogP contribution in [0.3, 0.4) is 0 Å². The first-order valence-corrected chi connectivity index (χ1v) is 13.6. The Morgan fingerprint density at radius 1 is 1.20 bits per heavy atom. The van der Waals surface area contributed by atoms with Gasteiger partial charge in [0.2, 0.25) is 17.7 Å². The Bertz CT molecular complexity index is 968. The molecule has 1 aromatic carbocycles. The summed E-state index contributed by atoms with van der Waals surface area (Å²) in [6.07, 6.45) is 4.56. The average Bonchev–Trinajstić information content (AvgIpc) is 3.28. The topological polar surface area (TPSA) is 106 Å². The number of thioether (sulfide) groups is 1. The summed E-state index contributed by atoms with van der Waals surface area (Å²) in [5, 5.41) is 11.1. The SMILES string of the molecule is CCC(C)NC(=O)CCN1C(=O)C2CCCCC2N2C(SCC(=O)Nc3ccc(C)cc3)=NNC12. The van der Waals surface area contributed by atoms with Crippen molar-refractivity contribution in [3.8, 4) is 0 Å². The fourth-order valence-corrected chi connectivity index (χ4v) is 5.75. The molecule has 1 aromatic rings. The van der Waals surface area contributed by atoms with Crippen LogP contribution in [0.5, 0.6) is 0 Å². The predicted octanol–water partition coefficient (Wildman–Crippen LogP) is 2.83. The smallest absolute Gasteiger partial charge is 0.234 e. The first-order valence-electron chi connectivity index (χ1n) is 12.6. The van der Waals surface area contributed by atoms with E-state index >= 15 is 0 Å². The second-order valence-electron chi connectivity index (χ2n) is 9.62. The molecule has 10 heteroatoms. The Hall–Kier alpha value is -2.75. The van der Waals surface area contributed by atoms with Crippen LogP contribution in [0, 0.1) is 12.8 Å². The molecule has 9 nitrogen and oxygen atoms in total. The summed E-state index contributed by atoms with van der Waals surface area (Å²) in [6, 6.07) is 7.88. The van der Waals surface area contributed by atoms with Crippen molar-refractivity contribution in [1.29, 1.82) is 0 Å². The number of aryl methyl sites for hydroxylation is 1. The third-order valence-electron chi connectivity index (χ3n) is 7.01. The highest BCUT2D eigenvalue weighted by Gasteiger charge is 2.50. The van der Waals surface area contributed by atoms with E-state index in [1.165, 1.54) is 11.8 Å². The van der Waals surface area contributed by atoms with Crippen molar-refractivity contribution in [3.63, 3.8) is 0 Å². The Labute approximate surface area is 211 Å². The van der Waals surface area contributed by atoms with Crippen LogP contribution in [0.15, 0.2) is 29.4 Å². The van der Waals surface area contributed by atoms with Crippen LogP contribution in [0.4, 0.5) is 5.69 Å². The minimum absolute atomic E-state index is 0.0502. The van der Waals surface area contributed by atoms with Gasteiger partial charge in [-0.3, -0.25) is 19.8 Å². The number of amides is 3. The fourth-order valence-electron chi connectivity index (χ4n) is 4.92. The van der Waals surface area contributed by atoms with Crippen molar-refractivity contribution in [2.45, 2.75) is 77.7 Å². The van der Waals surface area contributed by atoms with Crippen molar-refractivity contribution in [1.82, 2.24) is 20.5 Å². The second kappa shape index (κ2) is 11.3. The van der Waals surface area contributed by atoms with Gasteiger partial charge in [-0.05, 0) is 45.2 Å². The van der Waals surface area contributed by atoms with E-state index in [0.29, 0.717) is 6.54 Å². The lowest BCUT2D eigenvalue weighted by Crippen LogP contribution is -2.67. The number of anilines is 1. The number of carbonyl (C=O) groups is 3. The summed E-state index contributed by atoms with van der Waals surface area (Å²) in [4.78, 5) is 42.3. The van der Waals surface area contributed by atoms with Crippen molar-refractivity contribution in [2.75, 3.05) is 17.6 Å². The molecule has 2 heterocycles. The molecule has 2 fully saturated rings. The summed E-state index contributed by atoms with van der Waals surface area (Å²) in [5.74, 6) is 0.0611.